The molecule has 8 nitrogen and oxygen atoms in total. The Balaban J connectivity index is 2.01. The first-order valence-corrected chi connectivity index (χ1v) is 8.43. The summed E-state index contributed by atoms with van der Waals surface area (Å²) in [5, 5.41) is 13.4. The maximum absolute atomic E-state index is 12.3. The molecule has 1 aliphatic rings. The van der Waals surface area contributed by atoms with Gasteiger partial charge in [0.25, 0.3) is 11.6 Å². The minimum absolute atomic E-state index is 0.00374. The zero-order chi connectivity index (χ0) is 18.6. The molecule has 1 heterocycles. The first kappa shape index (κ1) is 19.1. The monoisotopic (exact) mass is 368 g/mol. The van der Waals surface area contributed by atoms with E-state index in [1.807, 2.05) is 6.92 Å². The smallest absolute Gasteiger partial charge is 0.283 e. The van der Waals surface area contributed by atoms with Gasteiger partial charge in [-0.2, -0.15) is 0 Å². The summed E-state index contributed by atoms with van der Waals surface area (Å²) in [5.74, 6) is -0.752. The number of hydrogen-bond acceptors (Lipinski definition) is 5. The van der Waals surface area contributed by atoms with Crippen molar-refractivity contribution in [1.82, 2.24) is 10.2 Å². The molecule has 0 bridgehead atoms. The van der Waals surface area contributed by atoms with Gasteiger partial charge in [-0.05, 0) is 31.7 Å². The van der Waals surface area contributed by atoms with Crippen LogP contribution >= 0.6 is 11.6 Å². The number of amides is 2. The third kappa shape index (κ3) is 4.67. The molecule has 1 aromatic rings. The van der Waals surface area contributed by atoms with Crippen LogP contribution in [0, 0.1) is 16.0 Å². The van der Waals surface area contributed by atoms with E-state index in [1.54, 1.807) is 4.90 Å². The Morgan fingerprint density at radius 3 is 2.88 bits per heavy atom. The number of rotatable bonds is 5. The van der Waals surface area contributed by atoms with Gasteiger partial charge in [0.05, 0.1) is 16.5 Å². The summed E-state index contributed by atoms with van der Waals surface area (Å²) >= 11 is 5.91. The Hall–Kier alpha value is -2.19. The lowest BCUT2D eigenvalue weighted by molar-refractivity contribution is -0.385. The maximum atomic E-state index is 12.3. The third-order valence-electron chi connectivity index (χ3n) is 4.37. The van der Waals surface area contributed by atoms with Crippen LogP contribution in [0.5, 0.6) is 0 Å². The van der Waals surface area contributed by atoms with E-state index in [-0.39, 0.29) is 35.0 Å². The number of nitro groups is 1. The Labute approximate surface area is 150 Å². The molecule has 1 aromatic carbocycles. The van der Waals surface area contributed by atoms with Gasteiger partial charge in [-0.15, -0.1) is 0 Å². The number of nitrogens with one attached hydrogen (secondary N) is 1. The highest BCUT2D eigenvalue weighted by Crippen LogP contribution is 2.26. The van der Waals surface area contributed by atoms with Gasteiger partial charge in [0, 0.05) is 25.2 Å². The van der Waals surface area contributed by atoms with Crippen LogP contribution < -0.4 is 11.1 Å². The molecule has 25 heavy (non-hydrogen) atoms. The van der Waals surface area contributed by atoms with Gasteiger partial charge in [0.2, 0.25) is 5.91 Å². The fourth-order valence-electron chi connectivity index (χ4n) is 2.91. The number of hydrogen-bond donors (Lipinski definition) is 2. The average Bonchev–Trinajstić information content (AvgIpc) is 2.59. The maximum Gasteiger partial charge on any atom is 0.283 e. The van der Waals surface area contributed by atoms with Gasteiger partial charge in [0.15, 0.2) is 0 Å². The molecule has 2 rings (SSSR count). The van der Waals surface area contributed by atoms with E-state index in [9.17, 15) is 19.7 Å². The van der Waals surface area contributed by atoms with Crippen molar-refractivity contribution in [2.24, 2.45) is 11.7 Å². The molecule has 9 heteroatoms. The Kier molecular flexibility index (Phi) is 6.33. The van der Waals surface area contributed by atoms with E-state index in [1.165, 1.54) is 18.2 Å². The largest absolute Gasteiger partial charge is 0.343 e. The Morgan fingerprint density at radius 1 is 1.52 bits per heavy atom. The van der Waals surface area contributed by atoms with Crippen LogP contribution in [0.1, 0.15) is 30.1 Å². The van der Waals surface area contributed by atoms with Gasteiger partial charge in [-0.1, -0.05) is 17.7 Å². The molecule has 2 atom stereocenters. The molecule has 136 valence electrons. The quantitative estimate of drug-likeness (QED) is 0.604. The zero-order valence-corrected chi connectivity index (χ0v) is 14.7. The molecule has 0 spiro atoms. The van der Waals surface area contributed by atoms with Gasteiger partial charge in [-0.3, -0.25) is 19.7 Å². The van der Waals surface area contributed by atoms with Crippen LogP contribution in [0.4, 0.5) is 5.69 Å². The lowest BCUT2D eigenvalue weighted by atomic mass is 9.92. The Morgan fingerprint density at radius 2 is 2.24 bits per heavy atom. The van der Waals surface area contributed by atoms with Crippen LogP contribution in [0.15, 0.2) is 18.2 Å². The summed E-state index contributed by atoms with van der Waals surface area (Å²) in [6, 6.07) is 3.98. The predicted molar refractivity (Wildman–Crippen MR) is 93.4 cm³/mol. The molecule has 0 saturated carbocycles. The lowest BCUT2D eigenvalue weighted by Gasteiger charge is -2.34. The van der Waals surface area contributed by atoms with Crippen LogP contribution in [0.25, 0.3) is 0 Å². The summed E-state index contributed by atoms with van der Waals surface area (Å²) < 4.78 is 0. The number of carbonyl (C=O) groups excluding carboxylic acids is 2. The predicted octanol–water partition coefficient (Wildman–Crippen LogP) is 1.56. The molecular formula is C16H21ClN4O4. The highest BCUT2D eigenvalue weighted by molar-refractivity contribution is 6.34. The summed E-state index contributed by atoms with van der Waals surface area (Å²) in [5.41, 5.74) is 5.27. The topological polar surface area (TPSA) is 119 Å². The molecule has 0 radical (unpaired) electrons. The van der Waals surface area contributed by atoms with Crippen molar-refractivity contribution in [3.05, 3.63) is 38.9 Å². The molecule has 1 saturated heterocycles. The highest BCUT2D eigenvalue weighted by atomic mass is 35.5. The summed E-state index contributed by atoms with van der Waals surface area (Å²) in [6.45, 7) is 2.84. The van der Waals surface area contributed by atoms with Crippen LogP contribution in [-0.4, -0.2) is 47.3 Å². The van der Waals surface area contributed by atoms with Crippen molar-refractivity contribution < 1.29 is 14.5 Å². The van der Waals surface area contributed by atoms with Crippen LogP contribution in [-0.2, 0) is 4.79 Å². The number of nitrogens with zero attached hydrogens (tertiary/aromatic N) is 2. The normalized spacial score (nSPS) is 18.5. The van der Waals surface area contributed by atoms with Crippen molar-refractivity contribution >= 4 is 29.1 Å². The molecule has 1 fully saturated rings. The number of nitrogens with two attached hydrogens (primary N) is 1. The van der Waals surface area contributed by atoms with Crippen molar-refractivity contribution in [3.8, 4) is 0 Å². The van der Waals surface area contributed by atoms with Gasteiger partial charge >= 0.3 is 0 Å². The number of likely N-dealkylation sites (tertiary alicyclic amines) is 1. The SMILES string of the molecule is CC(N)C1CCCN(C(=O)CNC(=O)c2c(Cl)cccc2[N+](=O)[O-])C1. The minimum atomic E-state index is -0.744. The first-order chi connectivity index (χ1) is 11.8. The fourth-order valence-corrected chi connectivity index (χ4v) is 3.17. The van der Waals surface area contributed by atoms with Crippen molar-refractivity contribution in [3.63, 3.8) is 0 Å². The number of halogens is 1. The Bertz CT molecular complexity index is 680. The van der Waals surface area contributed by atoms with Crippen molar-refractivity contribution in [2.75, 3.05) is 19.6 Å². The van der Waals surface area contributed by atoms with Gasteiger partial charge in [0.1, 0.15) is 5.56 Å². The van der Waals surface area contributed by atoms with Crippen molar-refractivity contribution in [2.45, 2.75) is 25.8 Å². The molecular weight excluding hydrogens is 348 g/mol. The summed E-state index contributed by atoms with van der Waals surface area (Å²) in [7, 11) is 0. The second-order valence-electron chi connectivity index (χ2n) is 6.17. The molecule has 2 unspecified atom stereocenters. The molecule has 0 aliphatic carbocycles. The minimum Gasteiger partial charge on any atom is -0.343 e. The summed E-state index contributed by atoms with van der Waals surface area (Å²) in [4.78, 5) is 36.6. The fraction of sp³-hybridized carbons (Fsp3) is 0.500. The lowest BCUT2D eigenvalue weighted by Crippen LogP contribution is -2.48. The van der Waals surface area contributed by atoms with E-state index in [0.29, 0.717) is 13.1 Å². The van der Waals surface area contributed by atoms with E-state index < -0.39 is 16.5 Å². The first-order valence-electron chi connectivity index (χ1n) is 8.05. The molecule has 3 N–H and O–H groups in total. The highest BCUT2D eigenvalue weighted by Gasteiger charge is 2.27. The molecule has 1 aliphatic heterocycles. The van der Waals surface area contributed by atoms with Gasteiger partial charge in [-0.25, -0.2) is 0 Å². The number of benzene rings is 1. The average molecular weight is 369 g/mol. The zero-order valence-electron chi connectivity index (χ0n) is 13.9. The van der Waals surface area contributed by atoms with Gasteiger partial charge < -0.3 is 16.0 Å². The third-order valence-corrected chi connectivity index (χ3v) is 4.68. The van der Waals surface area contributed by atoms with E-state index in [0.717, 1.165) is 12.8 Å². The van der Waals surface area contributed by atoms with E-state index in [2.05, 4.69) is 5.32 Å². The summed E-state index contributed by atoms with van der Waals surface area (Å²) in [6.07, 6.45) is 1.83. The number of nitro benzene ring substituents is 1. The molecule has 0 aromatic heterocycles. The molecule has 2 amide bonds. The second-order valence-corrected chi connectivity index (χ2v) is 6.58. The number of carbonyl (C=O) groups is 2. The van der Waals surface area contributed by atoms with Crippen molar-refractivity contribution in [1.29, 1.82) is 0 Å². The number of piperidine rings is 1. The standard InChI is InChI=1S/C16H21ClN4O4/c1-10(18)11-4-3-7-20(9-11)14(22)8-19-16(23)15-12(17)5-2-6-13(15)21(24)25/h2,5-6,10-11H,3-4,7-9,18H2,1H3,(H,19,23). The van der Waals surface area contributed by atoms with E-state index in [4.69, 9.17) is 17.3 Å². The van der Waals surface area contributed by atoms with Crippen LogP contribution in [0.3, 0.4) is 0 Å². The second kappa shape index (κ2) is 8.26. The van der Waals surface area contributed by atoms with E-state index >= 15 is 0 Å². The van der Waals surface area contributed by atoms with Crippen LogP contribution in [0.2, 0.25) is 5.02 Å².